The highest BCUT2D eigenvalue weighted by Crippen LogP contribution is 2.11. The van der Waals surface area contributed by atoms with E-state index in [0.29, 0.717) is 11.8 Å². The standard InChI is InChI=1S/C20H27N5/c1-15(2)7-9-24-20(22-4)19-6-5-17(13-25-19)11-16-8-10-23-18(12-16)14-21-3/h5-6,8,10,12-13,15,21H,4,7,9,11,14H2,1-3H3. The quantitative estimate of drug-likeness (QED) is 0.594. The molecule has 0 spiro atoms. The van der Waals surface area contributed by atoms with Crippen molar-refractivity contribution in [2.45, 2.75) is 33.2 Å². The van der Waals surface area contributed by atoms with Crippen molar-refractivity contribution in [2.75, 3.05) is 13.6 Å². The molecule has 2 aromatic rings. The molecule has 0 atom stereocenters. The minimum atomic E-state index is 0.618. The van der Waals surface area contributed by atoms with Gasteiger partial charge in [-0.25, -0.2) is 4.99 Å². The van der Waals surface area contributed by atoms with Gasteiger partial charge in [0.15, 0.2) is 5.84 Å². The van der Waals surface area contributed by atoms with Gasteiger partial charge in [-0.1, -0.05) is 19.9 Å². The summed E-state index contributed by atoms with van der Waals surface area (Å²) in [5.41, 5.74) is 4.19. The number of nitrogens with zero attached hydrogens (tertiary/aromatic N) is 4. The van der Waals surface area contributed by atoms with Gasteiger partial charge in [0.1, 0.15) is 5.69 Å². The third kappa shape index (κ3) is 6.19. The number of aromatic nitrogens is 2. The molecule has 0 unspecified atom stereocenters. The zero-order valence-electron chi connectivity index (χ0n) is 15.4. The van der Waals surface area contributed by atoms with Gasteiger partial charge in [0.2, 0.25) is 0 Å². The molecule has 0 fully saturated rings. The highest BCUT2D eigenvalue weighted by molar-refractivity contribution is 5.99. The van der Waals surface area contributed by atoms with E-state index in [1.54, 1.807) is 0 Å². The van der Waals surface area contributed by atoms with Crippen molar-refractivity contribution in [2.24, 2.45) is 15.9 Å². The van der Waals surface area contributed by atoms with Gasteiger partial charge in [0.05, 0.1) is 5.69 Å². The van der Waals surface area contributed by atoms with E-state index >= 15 is 0 Å². The van der Waals surface area contributed by atoms with Crippen molar-refractivity contribution in [3.8, 4) is 0 Å². The summed E-state index contributed by atoms with van der Waals surface area (Å²) in [5, 5.41) is 3.12. The fourth-order valence-corrected chi connectivity index (χ4v) is 2.45. The minimum Gasteiger partial charge on any atom is -0.314 e. The van der Waals surface area contributed by atoms with E-state index in [2.05, 4.69) is 58.0 Å². The second kappa shape index (κ2) is 9.79. The molecule has 25 heavy (non-hydrogen) atoms. The summed E-state index contributed by atoms with van der Waals surface area (Å²) in [6.45, 7) is 9.51. The van der Waals surface area contributed by atoms with Crippen LogP contribution in [-0.4, -0.2) is 36.1 Å². The first-order valence-corrected chi connectivity index (χ1v) is 8.67. The van der Waals surface area contributed by atoms with Crippen LogP contribution < -0.4 is 5.32 Å². The molecular weight excluding hydrogens is 310 g/mol. The highest BCUT2D eigenvalue weighted by Gasteiger charge is 2.05. The number of pyridine rings is 2. The van der Waals surface area contributed by atoms with Crippen LogP contribution in [0.25, 0.3) is 0 Å². The summed E-state index contributed by atoms with van der Waals surface area (Å²) in [4.78, 5) is 17.4. The van der Waals surface area contributed by atoms with Crippen molar-refractivity contribution < 1.29 is 0 Å². The fraction of sp³-hybridized carbons (Fsp3) is 0.400. The van der Waals surface area contributed by atoms with E-state index in [4.69, 9.17) is 0 Å². The van der Waals surface area contributed by atoms with Gasteiger partial charge in [0.25, 0.3) is 0 Å². The molecule has 2 aromatic heterocycles. The van der Waals surface area contributed by atoms with Crippen LogP contribution in [0, 0.1) is 5.92 Å². The zero-order valence-corrected chi connectivity index (χ0v) is 15.4. The van der Waals surface area contributed by atoms with Crippen LogP contribution in [0.2, 0.25) is 0 Å². The highest BCUT2D eigenvalue weighted by atomic mass is 14.9. The number of aliphatic imine (C=N–C) groups is 2. The van der Waals surface area contributed by atoms with E-state index in [1.165, 1.54) is 5.56 Å². The number of hydrogen-bond donors (Lipinski definition) is 1. The minimum absolute atomic E-state index is 0.618. The average molecular weight is 337 g/mol. The average Bonchev–Trinajstić information content (AvgIpc) is 2.60. The maximum Gasteiger partial charge on any atom is 0.172 e. The Kier molecular flexibility index (Phi) is 7.41. The Morgan fingerprint density at radius 2 is 2.04 bits per heavy atom. The predicted octanol–water partition coefficient (Wildman–Crippen LogP) is 3.28. The lowest BCUT2D eigenvalue weighted by Crippen LogP contribution is -2.07. The van der Waals surface area contributed by atoms with E-state index in [-0.39, 0.29) is 0 Å². The Bertz CT molecular complexity index is 704. The molecule has 0 aliphatic rings. The molecule has 0 aliphatic carbocycles. The van der Waals surface area contributed by atoms with Gasteiger partial charge in [-0.3, -0.25) is 15.0 Å². The Balaban J connectivity index is 2.06. The third-order valence-corrected chi connectivity index (χ3v) is 3.82. The van der Waals surface area contributed by atoms with Gasteiger partial charge in [-0.15, -0.1) is 0 Å². The van der Waals surface area contributed by atoms with Crippen molar-refractivity contribution in [3.05, 3.63) is 59.2 Å². The maximum atomic E-state index is 4.51. The summed E-state index contributed by atoms with van der Waals surface area (Å²) < 4.78 is 0. The number of nitrogens with one attached hydrogen (secondary N) is 1. The van der Waals surface area contributed by atoms with Crippen LogP contribution in [0.15, 0.2) is 46.6 Å². The molecule has 5 heteroatoms. The van der Waals surface area contributed by atoms with Crippen molar-refractivity contribution in [3.63, 3.8) is 0 Å². The van der Waals surface area contributed by atoms with Gasteiger partial charge >= 0.3 is 0 Å². The van der Waals surface area contributed by atoms with Gasteiger partial charge in [-0.05, 0) is 61.9 Å². The van der Waals surface area contributed by atoms with Crippen LogP contribution in [0.4, 0.5) is 0 Å². The molecule has 1 N–H and O–H groups in total. The molecule has 2 heterocycles. The zero-order chi connectivity index (χ0) is 18.1. The molecule has 132 valence electrons. The Labute approximate surface area is 150 Å². The molecule has 2 rings (SSSR count). The third-order valence-electron chi connectivity index (χ3n) is 3.82. The van der Waals surface area contributed by atoms with Gasteiger partial charge in [0, 0.05) is 25.5 Å². The number of hydrogen-bond acceptors (Lipinski definition) is 4. The number of rotatable bonds is 8. The van der Waals surface area contributed by atoms with Gasteiger partial charge in [-0.2, -0.15) is 0 Å². The summed E-state index contributed by atoms with van der Waals surface area (Å²) in [6.07, 6.45) is 5.60. The van der Waals surface area contributed by atoms with Crippen LogP contribution in [0.1, 0.15) is 42.8 Å². The first kappa shape index (κ1) is 18.9. The lowest BCUT2D eigenvalue weighted by Gasteiger charge is -2.06. The van der Waals surface area contributed by atoms with E-state index in [9.17, 15) is 0 Å². The van der Waals surface area contributed by atoms with Crippen molar-refractivity contribution in [1.82, 2.24) is 15.3 Å². The Morgan fingerprint density at radius 3 is 2.68 bits per heavy atom. The monoisotopic (exact) mass is 337 g/mol. The molecule has 0 radical (unpaired) electrons. The molecule has 5 nitrogen and oxygen atoms in total. The maximum absolute atomic E-state index is 4.51. The summed E-state index contributed by atoms with van der Waals surface area (Å²) in [5.74, 6) is 1.24. The fourth-order valence-electron chi connectivity index (χ4n) is 2.45. The first-order chi connectivity index (χ1) is 12.1. The Morgan fingerprint density at radius 1 is 1.20 bits per heavy atom. The van der Waals surface area contributed by atoms with Crippen LogP contribution >= 0.6 is 0 Å². The molecule has 0 aromatic carbocycles. The topological polar surface area (TPSA) is 62.5 Å². The van der Waals surface area contributed by atoms with E-state index in [1.807, 2.05) is 31.6 Å². The van der Waals surface area contributed by atoms with Crippen molar-refractivity contribution in [1.29, 1.82) is 0 Å². The van der Waals surface area contributed by atoms with Crippen molar-refractivity contribution >= 4 is 12.6 Å². The summed E-state index contributed by atoms with van der Waals surface area (Å²) in [6, 6.07) is 8.20. The number of amidine groups is 1. The molecule has 0 saturated carbocycles. The smallest absolute Gasteiger partial charge is 0.172 e. The Hall–Kier alpha value is -2.40. The summed E-state index contributed by atoms with van der Waals surface area (Å²) in [7, 11) is 1.92. The molecule has 0 amide bonds. The molecular formula is C20H27N5. The second-order valence-electron chi connectivity index (χ2n) is 6.46. The molecule has 0 aliphatic heterocycles. The van der Waals surface area contributed by atoms with E-state index in [0.717, 1.165) is 42.9 Å². The summed E-state index contributed by atoms with van der Waals surface area (Å²) >= 11 is 0. The van der Waals surface area contributed by atoms with Crippen LogP contribution in [0.5, 0.6) is 0 Å². The van der Waals surface area contributed by atoms with Gasteiger partial charge < -0.3 is 5.32 Å². The lowest BCUT2D eigenvalue weighted by atomic mass is 10.1. The predicted molar refractivity (Wildman–Crippen MR) is 104 cm³/mol. The second-order valence-corrected chi connectivity index (χ2v) is 6.46. The largest absolute Gasteiger partial charge is 0.314 e. The SMILES string of the molecule is C=NC(=NCCC(C)C)c1ccc(Cc2ccnc(CNC)c2)cn1. The normalized spacial score (nSPS) is 11.8. The van der Waals surface area contributed by atoms with Crippen LogP contribution in [-0.2, 0) is 13.0 Å². The van der Waals surface area contributed by atoms with E-state index < -0.39 is 0 Å². The van der Waals surface area contributed by atoms with Crippen LogP contribution in [0.3, 0.4) is 0 Å². The molecule has 0 bridgehead atoms. The molecule has 0 saturated heterocycles. The lowest BCUT2D eigenvalue weighted by molar-refractivity contribution is 0.597. The first-order valence-electron chi connectivity index (χ1n) is 8.67.